The van der Waals surface area contributed by atoms with Crippen LogP contribution < -0.4 is 0 Å². The van der Waals surface area contributed by atoms with Gasteiger partial charge in [-0.3, -0.25) is 0 Å². The van der Waals surface area contributed by atoms with Crippen LogP contribution in [0.4, 0.5) is 0 Å². The van der Waals surface area contributed by atoms with E-state index < -0.39 is 0 Å². The van der Waals surface area contributed by atoms with Crippen LogP contribution in [0.1, 0.15) is 28.8 Å². The average molecular weight is 367 g/mol. The Hall–Kier alpha value is -1.71. The van der Waals surface area contributed by atoms with Gasteiger partial charge >= 0.3 is 0 Å². The fourth-order valence-corrected chi connectivity index (χ4v) is 4.35. The highest BCUT2D eigenvalue weighted by Gasteiger charge is 2.12. The first-order valence-corrected chi connectivity index (χ1v) is 10.7. The summed E-state index contributed by atoms with van der Waals surface area (Å²) >= 11 is 2.07. The standard InChI is InChI=1S/C23H30N2S/c1-18-11-12-22-20(16-18)21(23(24-22)13-14-25(2)3)17-26-15-7-10-19-8-5-4-6-9-19/h4-6,8-9,11-12,16,24H,7,10,13-15,17H2,1-3H3. The van der Waals surface area contributed by atoms with Gasteiger partial charge in [0.05, 0.1) is 0 Å². The van der Waals surface area contributed by atoms with Crippen molar-refractivity contribution in [2.75, 3.05) is 26.4 Å². The molecule has 0 aliphatic rings. The molecule has 0 saturated carbocycles. The molecule has 0 aliphatic heterocycles. The molecule has 3 rings (SSSR count). The molecule has 0 amide bonds. The van der Waals surface area contributed by atoms with Gasteiger partial charge in [0.25, 0.3) is 0 Å². The Morgan fingerprint density at radius 2 is 1.81 bits per heavy atom. The van der Waals surface area contributed by atoms with Crippen molar-refractivity contribution in [3.63, 3.8) is 0 Å². The second-order valence-electron chi connectivity index (χ2n) is 7.33. The molecule has 26 heavy (non-hydrogen) atoms. The molecule has 0 spiro atoms. The normalized spacial score (nSPS) is 11.5. The lowest BCUT2D eigenvalue weighted by Gasteiger charge is -2.10. The molecule has 1 heterocycles. The number of nitrogens with zero attached hydrogens (tertiary/aromatic N) is 1. The van der Waals surface area contributed by atoms with E-state index in [0.29, 0.717) is 0 Å². The van der Waals surface area contributed by atoms with E-state index in [9.17, 15) is 0 Å². The van der Waals surface area contributed by atoms with Crippen LogP contribution in [0, 0.1) is 6.92 Å². The molecule has 0 aliphatic carbocycles. The molecule has 3 heteroatoms. The van der Waals surface area contributed by atoms with Crippen molar-refractivity contribution in [2.45, 2.75) is 31.9 Å². The van der Waals surface area contributed by atoms with Crippen molar-refractivity contribution >= 4 is 22.7 Å². The highest BCUT2D eigenvalue weighted by atomic mass is 32.2. The Kier molecular flexibility index (Phi) is 6.81. The number of fused-ring (bicyclic) bond motifs is 1. The fraction of sp³-hybridized carbons (Fsp3) is 0.391. The monoisotopic (exact) mass is 366 g/mol. The molecule has 0 saturated heterocycles. The van der Waals surface area contributed by atoms with Crippen LogP contribution in [0.2, 0.25) is 0 Å². The van der Waals surface area contributed by atoms with E-state index in [2.05, 4.69) is 91.2 Å². The molecule has 0 fully saturated rings. The van der Waals surface area contributed by atoms with Crippen molar-refractivity contribution in [1.82, 2.24) is 9.88 Å². The Bertz CT molecular complexity index is 821. The van der Waals surface area contributed by atoms with Gasteiger partial charge < -0.3 is 9.88 Å². The van der Waals surface area contributed by atoms with Crippen molar-refractivity contribution < 1.29 is 0 Å². The second kappa shape index (κ2) is 9.29. The van der Waals surface area contributed by atoms with Gasteiger partial charge in [0.2, 0.25) is 0 Å². The van der Waals surface area contributed by atoms with Crippen LogP contribution in [-0.2, 0) is 18.6 Å². The van der Waals surface area contributed by atoms with Crippen molar-refractivity contribution in [1.29, 1.82) is 0 Å². The molecule has 0 unspecified atom stereocenters. The third-order valence-corrected chi connectivity index (χ3v) is 5.87. The van der Waals surface area contributed by atoms with Crippen LogP contribution in [0.5, 0.6) is 0 Å². The molecular weight excluding hydrogens is 336 g/mol. The minimum absolute atomic E-state index is 1.08. The zero-order valence-electron chi connectivity index (χ0n) is 16.2. The van der Waals surface area contributed by atoms with E-state index in [-0.39, 0.29) is 0 Å². The summed E-state index contributed by atoms with van der Waals surface area (Å²) in [5.41, 5.74) is 6.99. The summed E-state index contributed by atoms with van der Waals surface area (Å²) in [4.78, 5) is 5.93. The summed E-state index contributed by atoms with van der Waals surface area (Å²) in [6, 6.07) is 17.6. The lowest BCUT2D eigenvalue weighted by molar-refractivity contribution is 0.412. The lowest BCUT2D eigenvalue weighted by atomic mass is 10.1. The zero-order chi connectivity index (χ0) is 18.4. The van der Waals surface area contributed by atoms with Crippen molar-refractivity contribution in [3.8, 4) is 0 Å². The van der Waals surface area contributed by atoms with E-state index >= 15 is 0 Å². The van der Waals surface area contributed by atoms with Crippen LogP contribution in [0.15, 0.2) is 48.5 Å². The largest absolute Gasteiger partial charge is 0.358 e. The molecule has 1 N–H and O–H groups in total. The number of rotatable bonds is 9. The summed E-state index contributed by atoms with van der Waals surface area (Å²) in [5, 5.41) is 1.41. The van der Waals surface area contributed by atoms with Gasteiger partial charge in [0.1, 0.15) is 0 Å². The number of hydrogen-bond acceptors (Lipinski definition) is 2. The van der Waals surface area contributed by atoms with Gasteiger partial charge in [-0.05, 0) is 62.9 Å². The van der Waals surface area contributed by atoms with Crippen molar-refractivity contribution in [2.24, 2.45) is 0 Å². The first kappa shape index (κ1) is 19.1. The molecule has 2 nitrogen and oxygen atoms in total. The highest BCUT2D eigenvalue weighted by molar-refractivity contribution is 7.98. The maximum absolute atomic E-state index is 3.67. The number of aryl methyl sites for hydroxylation is 2. The average Bonchev–Trinajstić information content (AvgIpc) is 2.97. The number of likely N-dealkylation sites (N-methyl/N-ethyl adjacent to an activating group) is 1. The molecule has 3 aromatic rings. The number of hydrogen-bond donors (Lipinski definition) is 1. The van der Waals surface area contributed by atoms with Crippen LogP contribution >= 0.6 is 11.8 Å². The van der Waals surface area contributed by atoms with Gasteiger partial charge in [-0.2, -0.15) is 11.8 Å². The molecular formula is C23H30N2S. The Morgan fingerprint density at radius 1 is 1.00 bits per heavy atom. The minimum atomic E-state index is 1.08. The highest BCUT2D eigenvalue weighted by Crippen LogP contribution is 2.28. The van der Waals surface area contributed by atoms with E-state index in [0.717, 1.165) is 18.7 Å². The van der Waals surface area contributed by atoms with Crippen LogP contribution in [0.25, 0.3) is 10.9 Å². The fourth-order valence-electron chi connectivity index (χ4n) is 3.33. The van der Waals surface area contributed by atoms with Crippen LogP contribution in [0.3, 0.4) is 0 Å². The van der Waals surface area contributed by atoms with E-state index in [4.69, 9.17) is 0 Å². The maximum atomic E-state index is 3.67. The number of aromatic amines is 1. The lowest BCUT2D eigenvalue weighted by Crippen LogP contribution is -2.15. The van der Waals surface area contributed by atoms with Gasteiger partial charge in [-0.1, -0.05) is 42.0 Å². The van der Waals surface area contributed by atoms with E-state index in [1.165, 1.54) is 51.9 Å². The van der Waals surface area contributed by atoms with Gasteiger partial charge in [0, 0.05) is 35.3 Å². The number of H-pyrrole nitrogens is 1. The number of nitrogens with one attached hydrogen (secondary N) is 1. The van der Waals surface area contributed by atoms with Gasteiger partial charge in [-0.25, -0.2) is 0 Å². The summed E-state index contributed by atoms with van der Waals surface area (Å²) < 4.78 is 0. The predicted octanol–water partition coefficient (Wildman–Crippen LogP) is 5.45. The number of thioether (sulfide) groups is 1. The second-order valence-corrected chi connectivity index (χ2v) is 8.43. The SMILES string of the molecule is Cc1ccc2[nH]c(CCN(C)C)c(CSCCCc3ccccc3)c2c1. The molecule has 0 atom stereocenters. The summed E-state index contributed by atoms with van der Waals surface area (Å²) in [6.07, 6.45) is 3.50. The van der Waals surface area contributed by atoms with Crippen LogP contribution in [-0.4, -0.2) is 36.3 Å². The Balaban J connectivity index is 1.63. The minimum Gasteiger partial charge on any atom is -0.358 e. The smallest absolute Gasteiger partial charge is 0.0459 e. The number of benzene rings is 2. The summed E-state index contributed by atoms with van der Waals surface area (Å²) in [6.45, 7) is 3.26. The van der Waals surface area contributed by atoms with E-state index in [1.807, 2.05) is 0 Å². The number of aromatic nitrogens is 1. The topological polar surface area (TPSA) is 19.0 Å². The molecule has 0 radical (unpaired) electrons. The summed E-state index contributed by atoms with van der Waals surface area (Å²) in [7, 11) is 4.29. The summed E-state index contributed by atoms with van der Waals surface area (Å²) in [5.74, 6) is 2.31. The quantitative estimate of drug-likeness (QED) is 0.508. The zero-order valence-corrected chi connectivity index (χ0v) is 17.0. The predicted molar refractivity (Wildman–Crippen MR) is 116 cm³/mol. The maximum Gasteiger partial charge on any atom is 0.0459 e. The molecule has 138 valence electrons. The van der Waals surface area contributed by atoms with Crippen molar-refractivity contribution in [3.05, 3.63) is 70.9 Å². The Morgan fingerprint density at radius 3 is 2.58 bits per heavy atom. The Labute approximate surface area is 162 Å². The van der Waals surface area contributed by atoms with Gasteiger partial charge in [0.15, 0.2) is 0 Å². The third-order valence-electron chi connectivity index (χ3n) is 4.80. The molecule has 1 aromatic heterocycles. The first-order valence-electron chi connectivity index (χ1n) is 9.50. The molecule has 2 aromatic carbocycles. The first-order chi connectivity index (χ1) is 12.6. The van der Waals surface area contributed by atoms with E-state index in [1.54, 1.807) is 0 Å². The molecule has 0 bridgehead atoms. The third kappa shape index (κ3) is 5.15. The van der Waals surface area contributed by atoms with Gasteiger partial charge in [-0.15, -0.1) is 0 Å².